The zero-order valence-electron chi connectivity index (χ0n) is 24.5. The van der Waals surface area contributed by atoms with Crippen molar-refractivity contribution in [1.29, 1.82) is 0 Å². The van der Waals surface area contributed by atoms with Gasteiger partial charge in [0.15, 0.2) is 6.29 Å². The van der Waals surface area contributed by atoms with Crippen molar-refractivity contribution in [1.82, 2.24) is 9.97 Å². The molecule has 1 aliphatic carbocycles. The van der Waals surface area contributed by atoms with Crippen LogP contribution in [-0.2, 0) is 25.5 Å². The largest absolute Gasteiger partial charge is 0.475 e. The number of hydrogen-bond acceptors (Lipinski definition) is 7. The lowest BCUT2D eigenvalue weighted by atomic mass is 9.90. The van der Waals surface area contributed by atoms with Gasteiger partial charge in [-0.1, -0.05) is 6.07 Å². The van der Waals surface area contributed by atoms with E-state index in [-0.39, 0.29) is 17.3 Å². The van der Waals surface area contributed by atoms with E-state index in [1.165, 1.54) is 12.3 Å². The van der Waals surface area contributed by atoms with Gasteiger partial charge in [0.25, 0.3) is 11.8 Å². The summed E-state index contributed by atoms with van der Waals surface area (Å²) in [5.41, 5.74) is 4.01. The maximum absolute atomic E-state index is 13.8. The first kappa shape index (κ1) is 29.6. The maximum Gasteiger partial charge on any atom is 0.286 e. The summed E-state index contributed by atoms with van der Waals surface area (Å²) in [5, 5.41) is 2.85. The first-order chi connectivity index (χ1) is 20.7. The summed E-state index contributed by atoms with van der Waals surface area (Å²) in [4.78, 5) is 21.7. The number of nitrogens with one attached hydrogen (secondary N) is 1. The summed E-state index contributed by atoms with van der Waals surface area (Å²) in [6.07, 6.45) is 6.04. The van der Waals surface area contributed by atoms with Crippen molar-refractivity contribution in [3.05, 3.63) is 71.2 Å². The van der Waals surface area contributed by atoms with E-state index in [1.54, 1.807) is 6.07 Å². The molecule has 3 fully saturated rings. The Morgan fingerprint density at radius 1 is 1.14 bits per heavy atom. The van der Waals surface area contributed by atoms with Crippen LogP contribution in [0, 0.1) is 12.8 Å². The van der Waals surface area contributed by atoms with E-state index >= 15 is 0 Å². The standard InChI is InChI=1S/C33H37F2N3O5/c1-21-6-7-25(37-31(39)22-8-10-36-27(15-22)32(2,34)35)18-26(21)23-16-28(33-9-12-40-20-24(33)19-33)38-29(17-23)41-13-14-43-30-5-3-4-11-42-30/h6-8,10,15-18,24,30H,3-5,9,11-14,19-20H2,1-2H3,(H,37,39). The molecule has 43 heavy (non-hydrogen) atoms. The van der Waals surface area contributed by atoms with Crippen LogP contribution < -0.4 is 10.1 Å². The minimum Gasteiger partial charge on any atom is -0.475 e. The fourth-order valence-electron chi connectivity index (χ4n) is 6.01. The molecule has 2 saturated heterocycles. The number of halogens is 2. The maximum atomic E-state index is 13.8. The van der Waals surface area contributed by atoms with E-state index in [1.807, 2.05) is 25.1 Å². The molecule has 4 heterocycles. The number of anilines is 1. The number of nitrogens with zero attached hydrogens (tertiary/aromatic N) is 2. The van der Waals surface area contributed by atoms with Crippen LogP contribution in [0.4, 0.5) is 14.5 Å². The lowest BCUT2D eigenvalue weighted by molar-refractivity contribution is -0.165. The van der Waals surface area contributed by atoms with Gasteiger partial charge in [-0.25, -0.2) is 4.98 Å². The van der Waals surface area contributed by atoms with Crippen LogP contribution >= 0.6 is 0 Å². The van der Waals surface area contributed by atoms with Crippen LogP contribution in [0.25, 0.3) is 11.1 Å². The highest BCUT2D eigenvalue weighted by molar-refractivity contribution is 6.04. The molecule has 10 heteroatoms. The van der Waals surface area contributed by atoms with Crippen LogP contribution in [0.5, 0.6) is 5.88 Å². The van der Waals surface area contributed by atoms with Gasteiger partial charge in [-0.15, -0.1) is 0 Å². The molecule has 1 N–H and O–H groups in total. The number of hydrogen-bond donors (Lipinski definition) is 1. The van der Waals surface area contributed by atoms with Crippen LogP contribution in [0.15, 0.2) is 48.7 Å². The van der Waals surface area contributed by atoms with Gasteiger partial charge < -0.3 is 24.3 Å². The predicted octanol–water partition coefficient (Wildman–Crippen LogP) is 6.42. The quantitative estimate of drug-likeness (QED) is 0.272. The molecular formula is C33H37F2N3O5. The molecule has 1 aromatic carbocycles. The van der Waals surface area contributed by atoms with Gasteiger partial charge in [0, 0.05) is 49.1 Å². The van der Waals surface area contributed by atoms with E-state index in [9.17, 15) is 13.6 Å². The lowest BCUT2D eigenvalue weighted by Crippen LogP contribution is -2.25. The molecule has 0 bridgehead atoms. The summed E-state index contributed by atoms with van der Waals surface area (Å²) in [6.45, 7) is 5.66. The minimum absolute atomic E-state index is 0.0149. The Morgan fingerprint density at radius 3 is 2.81 bits per heavy atom. The molecule has 3 aliphatic rings. The summed E-state index contributed by atoms with van der Waals surface area (Å²) < 4.78 is 50.9. The van der Waals surface area contributed by atoms with Crippen molar-refractivity contribution in [2.75, 3.05) is 38.4 Å². The van der Waals surface area contributed by atoms with E-state index < -0.39 is 17.5 Å². The second kappa shape index (κ2) is 12.3. The molecule has 228 valence electrons. The SMILES string of the molecule is Cc1ccc(NC(=O)c2ccnc(C(C)(F)F)c2)cc1-c1cc(OCCOC2CCCCO2)nc(C23CCOCC2C3)c1. The molecule has 0 radical (unpaired) electrons. The van der Waals surface area contributed by atoms with Crippen LogP contribution in [0.1, 0.15) is 66.3 Å². The molecule has 6 rings (SSSR count). The third-order valence-corrected chi connectivity index (χ3v) is 8.61. The van der Waals surface area contributed by atoms with E-state index in [0.29, 0.717) is 37.3 Å². The number of ether oxygens (including phenoxy) is 4. The summed E-state index contributed by atoms with van der Waals surface area (Å²) >= 11 is 0. The van der Waals surface area contributed by atoms with Crippen molar-refractivity contribution in [2.45, 2.75) is 63.6 Å². The number of rotatable bonds is 10. The number of pyridine rings is 2. The molecule has 3 aromatic rings. The van der Waals surface area contributed by atoms with E-state index in [4.69, 9.17) is 23.9 Å². The van der Waals surface area contributed by atoms with Crippen molar-refractivity contribution in [3.63, 3.8) is 0 Å². The number of aryl methyl sites for hydroxylation is 1. The molecular weight excluding hydrogens is 556 g/mol. The van der Waals surface area contributed by atoms with Gasteiger partial charge in [0.1, 0.15) is 12.3 Å². The zero-order chi connectivity index (χ0) is 30.0. The Balaban J connectivity index is 1.24. The number of amides is 1. The van der Waals surface area contributed by atoms with Gasteiger partial charge in [0.2, 0.25) is 5.88 Å². The summed E-state index contributed by atoms with van der Waals surface area (Å²) in [6, 6.07) is 12.2. The van der Waals surface area contributed by atoms with Gasteiger partial charge in [0.05, 0.1) is 18.9 Å². The van der Waals surface area contributed by atoms with Crippen molar-refractivity contribution < 1.29 is 32.5 Å². The average Bonchev–Trinajstić information content (AvgIpc) is 3.77. The van der Waals surface area contributed by atoms with Gasteiger partial charge in [-0.05, 0) is 92.0 Å². The second-order valence-electron chi connectivity index (χ2n) is 11.8. The number of aromatic nitrogens is 2. The van der Waals surface area contributed by atoms with Gasteiger partial charge >= 0.3 is 0 Å². The summed E-state index contributed by atoms with van der Waals surface area (Å²) in [5.74, 6) is -2.68. The molecule has 8 nitrogen and oxygen atoms in total. The third-order valence-electron chi connectivity index (χ3n) is 8.61. The lowest BCUT2D eigenvalue weighted by Gasteiger charge is -2.24. The van der Waals surface area contributed by atoms with Crippen molar-refractivity contribution in [2.24, 2.45) is 5.92 Å². The van der Waals surface area contributed by atoms with E-state index in [0.717, 1.165) is 80.7 Å². The van der Waals surface area contributed by atoms with Gasteiger partial charge in [-0.2, -0.15) is 8.78 Å². The molecule has 0 spiro atoms. The molecule has 2 aliphatic heterocycles. The van der Waals surface area contributed by atoms with Crippen LogP contribution in [-0.4, -0.2) is 55.2 Å². The molecule has 1 amide bonds. The number of alkyl halides is 2. The second-order valence-corrected chi connectivity index (χ2v) is 11.8. The monoisotopic (exact) mass is 593 g/mol. The first-order valence-corrected chi connectivity index (χ1v) is 14.9. The van der Waals surface area contributed by atoms with Crippen molar-refractivity contribution >= 4 is 11.6 Å². The predicted molar refractivity (Wildman–Crippen MR) is 156 cm³/mol. The number of fused-ring (bicyclic) bond motifs is 1. The number of carbonyl (C=O) groups is 1. The summed E-state index contributed by atoms with van der Waals surface area (Å²) in [7, 11) is 0. The highest BCUT2D eigenvalue weighted by atomic mass is 19.3. The molecule has 2 aromatic heterocycles. The zero-order valence-corrected chi connectivity index (χ0v) is 24.5. The molecule has 3 unspecified atom stereocenters. The van der Waals surface area contributed by atoms with Crippen LogP contribution in [0.3, 0.4) is 0 Å². The fourth-order valence-corrected chi connectivity index (χ4v) is 6.01. The minimum atomic E-state index is -3.15. The Labute approximate surface area is 250 Å². The average molecular weight is 594 g/mol. The third kappa shape index (κ3) is 6.71. The number of benzene rings is 1. The smallest absolute Gasteiger partial charge is 0.286 e. The molecule has 1 saturated carbocycles. The fraction of sp³-hybridized carbons (Fsp3) is 0.485. The Kier molecular flexibility index (Phi) is 8.44. The number of carbonyl (C=O) groups excluding carboxylic acids is 1. The van der Waals surface area contributed by atoms with E-state index in [2.05, 4.69) is 16.4 Å². The van der Waals surface area contributed by atoms with Crippen LogP contribution in [0.2, 0.25) is 0 Å². The Bertz CT molecular complexity index is 1470. The Hall–Kier alpha value is -3.47. The topological polar surface area (TPSA) is 91.8 Å². The van der Waals surface area contributed by atoms with Gasteiger partial charge in [-0.3, -0.25) is 9.78 Å². The van der Waals surface area contributed by atoms with Crippen molar-refractivity contribution in [3.8, 4) is 17.0 Å². The highest BCUT2D eigenvalue weighted by Gasteiger charge is 2.58. The Morgan fingerprint density at radius 2 is 2.02 bits per heavy atom. The normalized spacial score (nSPS) is 23.3. The first-order valence-electron chi connectivity index (χ1n) is 14.9. The molecule has 3 atom stereocenters. The highest BCUT2D eigenvalue weighted by Crippen LogP contribution is 2.58.